The molecule has 2 aromatic rings. The van der Waals surface area contributed by atoms with Crippen LogP contribution in [0.2, 0.25) is 0 Å². The number of rotatable bonds is 3. The van der Waals surface area contributed by atoms with Gasteiger partial charge in [0.05, 0.1) is 13.3 Å². The fourth-order valence-corrected chi connectivity index (χ4v) is 1.98. The first-order valence-electron chi connectivity index (χ1n) is 5.13. The fraction of sp³-hybridized carbons (Fsp3) is 0.154. The van der Waals surface area contributed by atoms with Gasteiger partial charge >= 0.3 is 0 Å². The first kappa shape index (κ1) is 12.1. The minimum absolute atomic E-state index is 0.636. The minimum Gasteiger partial charge on any atom is -0.495 e. The minimum atomic E-state index is -0.699. The second-order valence-electron chi connectivity index (χ2n) is 3.62. The Hall–Kier alpha value is -1.39. The number of aliphatic hydroxyl groups excluding tert-OH is 1. The molecule has 1 aromatic heterocycles. The van der Waals surface area contributed by atoms with Crippen LogP contribution >= 0.6 is 15.9 Å². The van der Waals surface area contributed by atoms with Crippen LogP contribution in [0.25, 0.3) is 0 Å². The number of aromatic nitrogens is 1. The maximum Gasteiger partial charge on any atom is 0.137 e. The van der Waals surface area contributed by atoms with Crippen molar-refractivity contribution in [2.75, 3.05) is 7.11 Å². The van der Waals surface area contributed by atoms with Crippen LogP contribution in [0.5, 0.6) is 5.75 Å². The number of hydrogen-bond acceptors (Lipinski definition) is 3. The molecule has 0 saturated heterocycles. The predicted molar refractivity (Wildman–Crippen MR) is 69.0 cm³/mol. The molecule has 1 N–H and O–H groups in total. The number of nitrogens with zero attached hydrogens (tertiary/aromatic N) is 1. The second kappa shape index (κ2) is 5.29. The van der Waals surface area contributed by atoms with Gasteiger partial charge in [0, 0.05) is 16.2 Å². The maximum absolute atomic E-state index is 10.2. The quantitative estimate of drug-likeness (QED) is 0.946. The van der Waals surface area contributed by atoms with Crippen molar-refractivity contribution in [2.24, 2.45) is 0 Å². The molecule has 3 nitrogen and oxygen atoms in total. The third-order valence-electron chi connectivity index (χ3n) is 2.45. The molecule has 0 fully saturated rings. The van der Waals surface area contributed by atoms with Gasteiger partial charge in [0.25, 0.3) is 0 Å². The first-order chi connectivity index (χ1) is 8.20. The van der Waals surface area contributed by atoms with Gasteiger partial charge in [-0.3, -0.25) is 4.98 Å². The number of methoxy groups -OCH3 is 1. The third kappa shape index (κ3) is 2.84. The van der Waals surface area contributed by atoms with E-state index in [-0.39, 0.29) is 0 Å². The summed E-state index contributed by atoms with van der Waals surface area (Å²) in [5.74, 6) is 0.636. The van der Waals surface area contributed by atoms with E-state index in [1.807, 2.05) is 24.3 Å². The summed E-state index contributed by atoms with van der Waals surface area (Å²) in [4.78, 5) is 4.03. The van der Waals surface area contributed by atoms with E-state index in [0.29, 0.717) is 11.3 Å². The van der Waals surface area contributed by atoms with E-state index < -0.39 is 6.10 Å². The molecule has 1 aromatic carbocycles. The summed E-state index contributed by atoms with van der Waals surface area (Å²) in [6.07, 6.45) is 2.54. The number of halogens is 1. The van der Waals surface area contributed by atoms with E-state index in [4.69, 9.17) is 4.74 Å². The lowest BCUT2D eigenvalue weighted by molar-refractivity contribution is 0.219. The molecule has 1 heterocycles. The van der Waals surface area contributed by atoms with Gasteiger partial charge in [-0.25, -0.2) is 0 Å². The molecule has 1 atom stereocenters. The first-order valence-corrected chi connectivity index (χ1v) is 5.92. The van der Waals surface area contributed by atoms with Crippen LogP contribution in [0.3, 0.4) is 0 Å². The molecule has 0 saturated carbocycles. The summed E-state index contributed by atoms with van der Waals surface area (Å²) in [5, 5.41) is 10.2. The summed E-state index contributed by atoms with van der Waals surface area (Å²) in [6, 6.07) is 9.33. The Balaban J connectivity index is 2.33. The number of aliphatic hydroxyl groups is 1. The van der Waals surface area contributed by atoms with Gasteiger partial charge < -0.3 is 9.84 Å². The van der Waals surface area contributed by atoms with Gasteiger partial charge in [0.1, 0.15) is 11.9 Å². The fourth-order valence-electron chi connectivity index (χ4n) is 1.57. The van der Waals surface area contributed by atoms with Crippen LogP contribution in [0, 0.1) is 0 Å². The van der Waals surface area contributed by atoms with Gasteiger partial charge in [0.15, 0.2) is 0 Å². The SMILES string of the molecule is COc1cncc(C(O)c2cccc(Br)c2)c1. The number of pyridine rings is 1. The largest absolute Gasteiger partial charge is 0.495 e. The van der Waals surface area contributed by atoms with Gasteiger partial charge in [-0.2, -0.15) is 0 Å². The molecule has 0 aliphatic rings. The smallest absolute Gasteiger partial charge is 0.137 e. The summed E-state index contributed by atoms with van der Waals surface area (Å²) < 4.78 is 6.02. The Morgan fingerprint density at radius 1 is 1.24 bits per heavy atom. The molecule has 0 aliphatic heterocycles. The molecule has 0 amide bonds. The van der Waals surface area contributed by atoms with Crippen LogP contribution < -0.4 is 4.74 Å². The van der Waals surface area contributed by atoms with E-state index in [1.54, 1.807) is 25.6 Å². The predicted octanol–water partition coefficient (Wildman–Crippen LogP) is 2.93. The van der Waals surface area contributed by atoms with Crippen molar-refractivity contribution in [2.45, 2.75) is 6.10 Å². The van der Waals surface area contributed by atoms with Crippen LogP contribution in [-0.4, -0.2) is 17.2 Å². The standard InChI is InChI=1S/C13H12BrNO2/c1-17-12-6-10(7-15-8-12)13(16)9-3-2-4-11(14)5-9/h2-8,13,16H,1H3. The van der Waals surface area contributed by atoms with Crippen molar-refractivity contribution in [3.8, 4) is 5.75 Å². The summed E-state index contributed by atoms with van der Waals surface area (Å²) in [5.41, 5.74) is 1.52. The van der Waals surface area contributed by atoms with Crippen molar-refractivity contribution < 1.29 is 9.84 Å². The van der Waals surface area contributed by atoms with Crippen molar-refractivity contribution in [1.29, 1.82) is 0 Å². The topological polar surface area (TPSA) is 42.4 Å². The van der Waals surface area contributed by atoms with E-state index in [2.05, 4.69) is 20.9 Å². The van der Waals surface area contributed by atoms with Crippen molar-refractivity contribution in [1.82, 2.24) is 4.98 Å². The second-order valence-corrected chi connectivity index (χ2v) is 4.53. The number of hydrogen-bond donors (Lipinski definition) is 1. The highest BCUT2D eigenvalue weighted by Gasteiger charge is 2.11. The molecule has 1 unspecified atom stereocenters. The monoisotopic (exact) mass is 293 g/mol. The van der Waals surface area contributed by atoms with E-state index in [1.165, 1.54) is 0 Å². The molecule has 0 radical (unpaired) electrons. The average Bonchev–Trinajstić information content (AvgIpc) is 2.38. The average molecular weight is 294 g/mol. The zero-order chi connectivity index (χ0) is 12.3. The summed E-state index contributed by atoms with van der Waals surface area (Å²) in [6.45, 7) is 0. The molecule has 0 aliphatic carbocycles. The van der Waals surface area contributed by atoms with Crippen LogP contribution in [0.15, 0.2) is 47.2 Å². The number of benzene rings is 1. The lowest BCUT2D eigenvalue weighted by Crippen LogP contribution is -2.00. The lowest BCUT2D eigenvalue weighted by Gasteiger charge is -2.12. The molecule has 88 valence electrons. The van der Waals surface area contributed by atoms with Crippen LogP contribution in [0.1, 0.15) is 17.2 Å². The highest BCUT2D eigenvalue weighted by Crippen LogP contribution is 2.25. The van der Waals surface area contributed by atoms with Gasteiger partial charge in [-0.15, -0.1) is 0 Å². The van der Waals surface area contributed by atoms with Gasteiger partial charge in [-0.05, 0) is 23.8 Å². The normalized spacial score (nSPS) is 12.2. The van der Waals surface area contributed by atoms with E-state index in [9.17, 15) is 5.11 Å². The number of ether oxygens (including phenoxy) is 1. The molecule has 0 bridgehead atoms. The van der Waals surface area contributed by atoms with Gasteiger partial charge in [-0.1, -0.05) is 28.1 Å². The molecule has 2 rings (SSSR count). The Labute approximate surface area is 108 Å². The Bertz CT molecular complexity index is 516. The molecular weight excluding hydrogens is 282 g/mol. The van der Waals surface area contributed by atoms with E-state index >= 15 is 0 Å². The summed E-state index contributed by atoms with van der Waals surface area (Å²) in [7, 11) is 1.58. The zero-order valence-corrected chi connectivity index (χ0v) is 10.9. The third-order valence-corrected chi connectivity index (χ3v) is 2.94. The lowest BCUT2D eigenvalue weighted by atomic mass is 10.0. The zero-order valence-electron chi connectivity index (χ0n) is 9.30. The van der Waals surface area contributed by atoms with Crippen molar-refractivity contribution >= 4 is 15.9 Å². The maximum atomic E-state index is 10.2. The van der Waals surface area contributed by atoms with Crippen molar-refractivity contribution in [3.05, 3.63) is 58.3 Å². The van der Waals surface area contributed by atoms with Crippen LogP contribution in [-0.2, 0) is 0 Å². The molecular formula is C13H12BrNO2. The van der Waals surface area contributed by atoms with Gasteiger partial charge in [0.2, 0.25) is 0 Å². The Morgan fingerprint density at radius 3 is 2.76 bits per heavy atom. The Kier molecular flexibility index (Phi) is 3.76. The molecule has 4 heteroatoms. The summed E-state index contributed by atoms with van der Waals surface area (Å²) >= 11 is 3.38. The van der Waals surface area contributed by atoms with E-state index in [0.717, 1.165) is 10.0 Å². The highest BCUT2D eigenvalue weighted by molar-refractivity contribution is 9.10. The van der Waals surface area contributed by atoms with Crippen molar-refractivity contribution in [3.63, 3.8) is 0 Å². The highest BCUT2D eigenvalue weighted by atomic mass is 79.9. The Morgan fingerprint density at radius 2 is 2.06 bits per heavy atom. The molecule has 0 spiro atoms. The molecule has 17 heavy (non-hydrogen) atoms. The van der Waals surface area contributed by atoms with Crippen LogP contribution in [0.4, 0.5) is 0 Å².